The Labute approximate surface area is 174 Å². The molecule has 2 saturated heterocycles. The topological polar surface area (TPSA) is 62.6 Å². The van der Waals surface area contributed by atoms with Gasteiger partial charge in [-0.3, -0.25) is 14.4 Å². The monoisotopic (exact) mass is 421 g/mol. The predicted octanol–water partition coefficient (Wildman–Crippen LogP) is 1.14. The average Bonchev–Trinajstić information content (AvgIpc) is 3.27. The van der Waals surface area contributed by atoms with Crippen LogP contribution in [0.3, 0.4) is 0 Å². The van der Waals surface area contributed by atoms with Crippen LogP contribution in [0.25, 0.3) is 0 Å². The molecule has 1 amide bonds. The van der Waals surface area contributed by atoms with Crippen LogP contribution in [-0.4, -0.2) is 84.5 Å². The molecule has 27 heavy (non-hydrogen) atoms. The lowest BCUT2D eigenvalue weighted by Gasteiger charge is -2.42. The molecule has 3 heterocycles. The van der Waals surface area contributed by atoms with Crippen LogP contribution in [0.1, 0.15) is 24.8 Å². The molecule has 1 unspecified atom stereocenters. The number of methoxy groups -OCH3 is 1. The third kappa shape index (κ3) is 5.57. The zero-order valence-corrected chi connectivity index (χ0v) is 18.1. The van der Waals surface area contributed by atoms with Crippen molar-refractivity contribution in [1.82, 2.24) is 24.9 Å². The second-order valence-electron chi connectivity index (χ2n) is 7.19. The summed E-state index contributed by atoms with van der Waals surface area (Å²) >= 11 is 0. The second kappa shape index (κ2) is 11.2. The third-order valence-corrected chi connectivity index (χ3v) is 5.65. The van der Waals surface area contributed by atoms with Crippen molar-refractivity contribution in [1.29, 1.82) is 0 Å². The Hall–Kier alpha value is -0.860. The van der Waals surface area contributed by atoms with Crippen LogP contribution >= 0.6 is 24.8 Å². The van der Waals surface area contributed by atoms with Crippen molar-refractivity contribution < 1.29 is 9.53 Å². The molecule has 9 heteroatoms. The Morgan fingerprint density at radius 1 is 1.33 bits per heavy atom. The number of hydrogen-bond donors (Lipinski definition) is 1. The maximum absolute atomic E-state index is 13.2. The summed E-state index contributed by atoms with van der Waals surface area (Å²) in [5, 5.41) is 7.68. The number of amides is 1. The van der Waals surface area contributed by atoms with Gasteiger partial charge in [0.05, 0.1) is 18.7 Å². The van der Waals surface area contributed by atoms with E-state index < -0.39 is 0 Å². The Morgan fingerprint density at radius 3 is 2.74 bits per heavy atom. The molecule has 0 spiro atoms. The number of rotatable bonds is 6. The van der Waals surface area contributed by atoms with Gasteiger partial charge in [-0.2, -0.15) is 5.10 Å². The van der Waals surface area contributed by atoms with Gasteiger partial charge in [0.2, 0.25) is 5.91 Å². The smallest absolute Gasteiger partial charge is 0.227 e. The second-order valence-corrected chi connectivity index (χ2v) is 7.19. The normalized spacial score (nSPS) is 25.7. The van der Waals surface area contributed by atoms with Crippen molar-refractivity contribution in [3.8, 4) is 0 Å². The number of halogens is 2. The Bertz CT molecular complexity index is 586. The quantitative estimate of drug-likeness (QED) is 0.745. The molecule has 2 aliphatic rings. The molecular formula is C18H33Cl2N5O2. The lowest BCUT2D eigenvalue weighted by atomic mass is 9.89. The number of hydrogen-bond acceptors (Lipinski definition) is 5. The van der Waals surface area contributed by atoms with E-state index in [1.54, 1.807) is 7.11 Å². The number of nitrogens with zero attached hydrogens (tertiary/aromatic N) is 4. The summed E-state index contributed by atoms with van der Waals surface area (Å²) in [4.78, 5) is 17.7. The molecule has 0 radical (unpaired) electrons. The highest BCUT2D eigenvalue weighted by atomic mass is 35.5. The summed E-state index contributed by atoms with van der Waals surface area (Å²) in [6.45, 7) is 8.09. The maximum atomic E-state index is 13.2. The van der Waals surface area contributed by atoms with Crippen LogP contribution in [-0.2, 0) is 16.6 Å². The Balaban J connectivity index is 0.00000182. The van der Waals surface area contributed by atoms with Crippen LogP contribution < -0.4 is 5.32 Å². The van der Waals surface area contributed by atoms with E-state index in [0.717, 1.165) is 57.9 Å². The lowest BCUT2D eigenvalue weighted by molar-refractivity contribution is -0.138. The molecule has 2 aliphatic heterocycles. The Morgan fingerprint density at radius 2 is 2.11 bits per heavy atom. The summed E-state index contributed by atoms with van der Waals surface area (Å²) in [5.74, 6) is 0.545. The van der Waals surface area contributed by atoms with Gasteiger partial charge in [-0.25, -0.2) is 0 Å². The molecule has 0 saturated carbocycles. The number of aryl methyl sites for hydroxylation is 1. The van der Waals surface area contributed by atoms with Crippen LogP contribution in [0.5, 0.6) is 0 Å². The van der Waals surface area contributed by atoms with Crippen molar-refractivity contribution in [3.05, 3.63) is 18.0 Å². The molecule has 2 fully saturated rings. The third-order valence-electron chi connectivity index (χ3n) is 5.65. The minimum Gasteiger partial charge on any atom is -0.383 e. The number of carbonyl (C=O) groups excluding carboxylic acids is 1. The van der Waals surface area contributed by atoms with E-state index in [-0.39, 0.29) is 36.6 Å². The van der Waals surface area contributed by atoms with Gasteiger partial charge in [0.25, 0.3) is 0 Å². The molecule has 156 valence electrons. The number of ether oxygens (including phenoxy) is 1. The summed E-state index contributed by atoms with van der Waals surface area (Å²) in [5.41, 5.74) is 1.16. The SMILES string of the molecule is CCC1CN(C(=O)[C@H]2CNC[C@@H]2c2cnn(C)c2)CCN1CCOC.Cl.Cl. The van der Waals surface area contributed by atoms with Gasteiger partial charge in [-0.1, -0.05) is 6.92 Å². The standard InChI is InChI=1S/C18H31N5O2.2ClH/c1-4-15-13-23(6-5-22(15)7-8-25-3)18(24)17-11-19-10-16(17)14-9-20-21(2)12-14;;/h9,12,15-17,19H,4-8,10-11,13H2,1-3H3;2*1H/t15?,16-,17+;;/m1../s1. The highest BCUT2D eigenvalue weighted by Gasteiger charge is 2.39. The fourth-order valence-electron chi connectivity index (χ4n) is 4.14. The molecule has 0 aliphatic carbocycles. The largest absolute Gasteiger partial charge is 0.383 e. The number of aromatic nitrogens is 2. The molecule has 0 bridgehead atoms. The first-order valence-corrected chi connectivity index (χ1v) is 9.35. The van der Waals surface area contributed by atoms with Gasteiger partial charge < -0.3 is 15.0 Å². The van der Waals surface area contributed by atoms with Gasteiger partial charge in [-0.05, 0) is 12.0 Å². The van der Waals surface area contributed by atoms with E-state index in [4.69, 9.17) is 4.74 Å². The zero-order chi connectivity index (χ0) is 17.8. The molecule has 1 aromatic heterocycles. The fourth-order valence-corrected chi connectivity index (χ4v) is 4.14. The maximum Gasteiger partial charge on any atom is 0.227 e. The summed E-state index contributed by atoms with van der Waals surface area (Å²) in [6.07, 6.45) is 4.99. The first kappa shape index (κ1) is 24.2. The van der Waals surface area contributed by atoms with Crippen molar-refractivity contribution in [2.24, 2.45) is 13.0 Å². The van der Waals surface area contributed by atoms with Crippen molar-refractivity contribution in [3.63, 3.8) is 0 Å². The molecule has 1 N–H and O–H groups in total. The van der Waals surface area contributed by atoms with Gasteiger partial charge in [-0.15, -0.1) is 24.8 Å². The van der Waals surface area contributed by atoms with Gasteiger partial charge in [0, 0.05) is 71.6 Å². The number of nitrogens with one attached hydrogen (secondary N) is 1. The van der Waals surface area contributed by atoms with Gasteiger partial charge in [0.1, 0.15) is 0 Å². The minimum atomic E-state index is 0. The van der Waals surface area contributed by atoms with Crippen molar-refractivity contribution in [2.45, 2.75) is 25.3 Å². The number of carbonyl (C=O) groups is 1. The summed E-state index contributed by atoms with van der Waals surface area (Å²) in [7, 11) is 3.67. The highest BCUT2D eigenvalue weighted by molar-refractivity contribution is 5.85. The first-order valence-electron chi connectivity index (χ1n) is 9.35. The minimum absolute atomic E-state index is 0. The molecule has 7 nitrogen and oxygen atoms in total. The Kier molecular flexibility index (Phi) is 10.0. The predicted molar refractivity (Wildman–Crippen MR) is 111 cm³/mol. The summed E-state index contributed by atoms with van der Waals surface area (Å²) < 4.78 is 7.04. The van der Waals surface area contributed by atoms with Crippen LogP contribution in [0.15, 0.2) is 12.4 Å². The molecule has 0 aromatic carbocycles. The molecule has 3 atom stereocenters. The molecule has 1 aromatic rings. The van der Waals surface area contributed by atoms with Gasteiger partial charge >= 0.3 is 0 Å². The van der Waals surface area contributed by atoms with E-state index in [9.17, 15) is 4.79 Å². The van der Waals surface area contributed by atoms with E-state index >= 15 is 0 Å². The first-order chi connectivity index (χ1) is 12.1. The average molecular weight is 422 g/mol. The highest BCUT2D eigenvalue weighted by Crippen LogP contribution is 2.30. The van der Waals surface area contributed by atoms with Gasteiger partial charge in [0.15, 0.2) is 0 Å². The van der Waals surface area contributed by atoms with E-state index in [0.29, 0.717) is 11.9 Å². The fraction of sp³-hybridized carbons (Fsp3) is 0.778. The van der Waals surface area contributed by atoms with E-state index in [2.05, 4.69) is 27.1 Å². The lowest BCUT2D eigenvalue weighted by Crippen LogP contribution is -2.56. The van der Waals surface area contributed by atoms with Crippen LogP contribution in [0.4, 0.5) is 0 Å². The molecular weight excluding hydrogens is 389 g/mol. The number of piperazine rings is 1. The van der Waals surface area contributed by atoms with Crippen molar-refractivity contribution >= 4 is 30.7 Å². The van der Waals surface area contributed by atoms with Crippen LogP contribution in [0.2, 0.25) is 0 Å². The summed E-state index contributed by atoms with van der Waals surface area (Å²) in [6, 6.07) is 0.430. The van der Waals surface area contributed by atoms with Crippen molar-refractivity contribution in [2.75, 3.05) is 53.0 Å². The molecule has 3 rings (SSSR count). The van der Waals surface area contributed by atoms with Crippen LogP contribution in [0, 0.1) is 5.92 Å². The zero-order valence-electron chi connectivity index (χ0n) is 16.5. The van der Waals surface area contributed by atoms with E-state index in [1.807, 2.05) is 24.1 Å². The van der Waals surface area contributed by atoms with E-state index in [1.165, 1.54) is 0 Å².